The van der Waals surface area contributed by atoms with Gasteiger partial charge in [-0.25, -0.2) is 8.78 Å². The summed E-state index contributed by atoms with van der Waals surface area (Å²) in [5.41, 5.74) is 0. The fraction of sp³-hybridized carbons (Fsp3) is 1.00. The summed E-state index contributed by atoms with van der Waals surface area (Å²) in [6, 6.07) is 0. The first kappa shape index (κ1) is 11.8. The minimum atomic E-state index is -2.23. The molecule has 0 aliphatic carbocycles. The highest BCUT2D eigenvalue weighted by Crippen LogP contribution is 2.00. The SMILES string of the molecule is CNCC(C)CN(C)CC(F)F. The molecule has 0 saturated carbocycles. The summed E-state index contributed by atoms with van der Waals surface area (Å²) in [5.74, 6) is 0.416. The molecule has 0 amide bonds. The van der Waals surface area contributed by atoms with Crippen LogP contribution >= 0.6 is 0 Å². The molecule has 4 heteroatoms. The number of hydrogen-bond acceptors (Lipinski definition) is 2. The fourth-order valence-corrected chi connectivity index (χ4v) is 1.26. The molecular weight excluding hydrogens is 162 g/mol. The molecule has 0 aromatic rings. The molecule has 0 rings (SSSR count). The highest BCUT2D eigenvalue weighted by atomic mass is 19.3. The van der Waals surface area contributed by atoms with E-state index in [-0.39, 0.29) is 6.54 Å². The zero-order valence-electron chi connectivity index (χ0n) is 7.98. The molecule has 0 aliphatic heterocycles. The maximum Gasteiger partial charge on any atom is 0.251 e. The second-order valence-electron chi connectivity index (χ2n) is 3.28. The second-order valence-corrected chi connectivity index (χ2v) is 3.28. The lowest BCUT2D eigenvalue weighted by Crippen LogP contribution is -2.32. The van der Waals surface area contributed by atoms with Crippen LogP contribution in [0.1, 0.15) is 6.92 Å². The Morgan fingerprint density at radius 1 is 1.33 bits per heavy atom. The average Bonchev–Trinajstić information content (AvgIpc) is 1.84. The van der Waals surface area contributed by atoms with Crippen LogP contribution in [0.25, 0.3) is 0 Å². The Bertz CT molecular complexity index is 109. The van der Waals surface area contributed by atoms with E-state index in [1.165, 1.54) is 0 Å². The minimum Gasteiger partial charge on any atom is -0.319 e. The van der Waals surface area contributed by atoms with Gasteiger partial charge in [-0.15, -0.1) is 0 Å². The Kier molecular flexibility index (Phi) is 6.20. The summed E-state index contributed by atoms with van der Waals surface area (Å²) in [5, 5.41) is 3.01. The van der Waals surface area contributed by atoms with Crippen LogP contribution in [0.15, 0.2) is 0 Å². The minimum absolute atomic E-state index is 0.131. The molecule has 12 heavy (non-hydrogen) atoms. The van der Waals surface area contributed by atoms with E-state index in [0.29, 0.717) is 12.5 Å². The van der Waals surface area contributed by atoms with Crippen molar-refractivity contribution in [2.24, 2.45) is 5.92 Å². The Hall–Kier alpha value is -0.220. The number of nitrogens with one attached hydrogen (secondary N) is 1. The molecule has 1 N–H and O–H groups in total. The molecule has 1 atom stereocenters. The lowest BCUT2D eigenvalue weighted by atomic mass is 10.2. The lowest BCUT2D eigenvalue weighted by Gasteiger charge is -2.20. The van der Waals surface area contributed by atoms with Crippen molar-refractivity contribution >= 4 is 0 Å². The van der Waals surface area contributed by atoms with E-state index in [1.54, 1.807) is 11.9 Å². The van der Waals surface area contributed by atoms with Gasteiger partial charge in [0, 0.05) is 6.54 Å². The summed E-state index contributed by atoms with van der Waals surface area (Å²) in [6.07, 6.45) is -2.23. The zero-order chi connectivity index (χ0) is 9.56. The van der Waals surface area contributed by atoms with Crippen LogP contribution in [-0.2, 0) is 0 Å². The van der Waals surface area contributed by atoms with Gasteiger partial charge in [-0.2, -0.15) is 0 Å². The largest absolute Gasteiger partial charge is 0.319 e. The normalized spacial score (nSPS) is 14.2. The quantitative estimate of drug-likeness (QED) is 0.657. The number of halogens is 2. The third kappa shape index (κ3) is 6.49. The number of alkyl halides is 2. The van der Waals surface area contributed by atoms with Crippen LogP contribution in [0.4, 0.5) is 8.78 Å². The van der Waals surface area contributed by atoms with Crippen molar-refractivity contribution in [3.63, 3.8) is 0 Å². The van der Waals surface area contributed by atoms with Gasteiger partial charge in [0.15, 0.2) is 0 Å². The van der Waals surface area contributed by atoms with E-state index < -0.39 is 6.43 Å². The molecular formula is C8H18F2N2. The Morgan fingerprint density at radius 2 is 1.92 bits per heavy atom. The van der Waals surface area contributed by atoms with Crippen molar-refractivity contribution in [1.29, 1.82) is 0 Å². The third-order valence-electron chi connectivity index (χ3n) is 1.63. The zero-order valence-corrected chi connectivity index (χ0v) is 7.98. The molecule has 1 unspecified atom stereocenters. The summed E-state index contributed by atoms with van der Waals surface area (Å²) in [6.45, 7) is 3.49. The summed E-state index contributed by atoms with van der Waals surface area (Å²) in [4.78, 5) is 1.66. The van der Waals surface area contributed by atoms with E-state index in [9.17, 15) is 8.78 Å². The predicted molar refractivity (Wildman–Crippen MR) is 46.6 cm³/mol. The van der Waals surface area contributed by atoms with Gasteiger partial charge in [0.2, 0.25) is 0 Å². The van der Waals surface area contributed by atoms with Gasteiger partial charge < -0.3 is 10.2 Å². The van der Waals surface area contributed by atoms with Crippen LogP contribution in [0.2, 0.25) is 0 Å². The van der Waals surface area contributed by atoms with E-state index in [0.717, 1.165) is 6.54 Å². The van der Waals surface area contributed by atoms with Crippen LogP contribution in [0, 0.1) is 5.92 Å². The topological polar surface area (TPSA) is 15.3 Å². The molecule has 0 bridgehead atoms. The van der Waals surface area contributed by atoms with Crippen molar-refractivity contribution in [3.8, 4) is 0 Å². The van der Waals surface area contributed by atoms with Crippen molar-refractivity contribution in [3.05, 3.63) is 0 Å². The molecule has 0 aliphatic rings. The molecule has 74 valence electrons. The summed E-state index contributed by atoms with van der Waals surface area (Å²) >= 11 is 0. The highest BCUT2D eigenvalue weighted by Gasteiger charge is 2.10. The van der Waals surface area contributed by atoms with Crippen molar-refractivity contribution in [1.82, 2.24) is 10.2 Å². The number of rotatable bonds is 6. The molecule has 0 spiro atoms. The van der Waals surface area contributed by atoms with Crippen molar-refractivity contribution < 1.29 is 8.78 Å². The summed E-state index contributed by atoms with van der Waals surface area (Å²) in [7, 11) is 3.59. The molecule has 0 aromatic heterocycles. The van der Waals surface area contributed by atoms with E-state index in [4.69, 9.17) is 0 Å². The molecule has 2 nitrogen and oxygen atoms in total. The van der Waals surface area contributed by atoms with E-state index in [2.05, 4.69) is 5.32 Å². The maximum atomic E-state index is 11.9. The van der Waals surface area contributed by atoms with Crippen LogP contribution in [0.5, 0.6) is 0 Å². The van der Waals surface area contributed by atoms with Gasteiger partial charge in [-0.1, -0.05) is 6.92 Å². The standard InChI is InChI=1S/C8H18F2N2/c1-7(4-11-2)5-12(3)6-8(9)10/h7-8,11H,4-6H2,1-3H3. The van der Waals surface area contributed by atoms with Gasteiger partial charge in [0.1, 0.15) is 0 Å². The Balaban J connectivity index is 3.46. The van der Waals surface area contributed by atoms with Crippen LogP contribution in [-0.4, -0.2) is 45.1 Å². The summed E-state index contributed by atoms with van der Waals surface area (Å²) < 4.78 is 23.7. The molecule has 0 heterocycles. The first-order valence-corrected chi connectivity index (χ1v) is 4.17. The molecule has 0 radical (unpaired) electrons. The first-order chi connectivity index (χ1) is 5.56. The first-order valence-electron chi connectivity index (χ1n) is 4.17. The number of hydrogen-bond donors (Lipinski definition) is 1. The predicted octanol–water partition coefficient (Wildman–Crippen LogP) is 1.04. The molecule has 0 saturated heterocycles. The molecule has 0 fully saturated rings. The number of nitrogens with zero attached hydrogens (tertiary/aromatic N) is 1. The van der Waals surface area contributed by atoms with Crippen molar-refractivity contribution in [2.45, 2.75) is 13.3 Å². The lowest BCUT2D eigenvalue weighted by molar-refractivity contribution is 0.0944. The molecule has 0 aromatic carbocycles. The van der Waals surface area contributed by atoms with Gasteiger partial charge in [-0.3, -0.25) is 0 Å². The van der Waals surface area contributed by atoms with Crippen LogP contribution < -0.4 is 5.32 Å². The highest BCUT2D eigenvalue weighted by molar-refractivity contribution is 4.61. The van der Waals surface area contributed by atoms with E-state index in [1.807, 2.05) is 14.0 Å². The maximum absolute atomic E-state index is 11.9. The van der Waals surface area contributed by atoms with Gasteiger partial charge in [0.05, 0.1) is 6.54 Å². The van der Waals surface area contributed by atoms with Crippen molar-refractivity contribution in [2.75, 3.05) is 33.7 Å². The Labute approximate surface area is 72.9 Å². The smallest absolute Gasteiger partial charge is 0.251 e. The van der Waals surface area contributed by atoms with Gasteiger partial charge in [-0.05, 0) is 26.6 Å². The second kappa shape index (κ2) is 6.31. The monoisotopic (exact) mass is 180 g/mol. The van der Waals surface area contributed by atoms with Gasteiger partial charge >= 0.3 is 0 Å². The average molecular weight is 180 g/mol. The third-order valence-corrected chi connectivity index (χ3v) is 1.63. The Morgan fingerprint density at radius 3 is 2.33 bits per heavy atom. The van der Waals surface area contributed by atoms with E-state index >= 15 is 0 Å². The fourth-order valence-electron chi connectivity index (χ4n) is 1.26. The van der Waals surface area contributed by atoms with Gasteiger partial charge in [0.25, 0.3) is 6.43 Å². The van der Waals surface area contributed by atoms with Crippen LogP contribution in [0.3, 0.4) is 0 Å².